The van der Waals surface area contributed by atoms with Gasteiger partial charge in [0.2, 0.25) is 11.8 Å². The van der Waals surface area contributed by atoms with Gasteiger partial charge >= 0.3 is 31.7 Å². The van der Waals surface area contributed by atoms with Gasteiger partial charge in [0.05, 0.1) is 51.1 Å². The Hall–Kier alpha value is -3.65. The van der Waals surface area contributed by atoms with Crippen molar-refractivity contribution >= 4 is 43.5 Å². The number of carbonyl (C=O) groups is 6. The predicted octanol–water partition coefficient (Wildman–Crippen LogP) is 21.0. The number of nitrogens with one attached hydrogen (secondary N) is 2. The molecule has 2 rings (SSSR count). The van der Waals surface area contributed by atoms with Crippen LogP contribution in [0.15, 0.2) is 12.2 Å². The number of allylic oxidation sites excluding steroid dienone is 2. The van der Waals surface area contributed by atoms with Gasteiger partial charge in [-0.25, -0.2) is 4.57 Å². The monoisotopic (exact) mass is 1740 g/mol. The van der Waals surface area contributed by atoms with E-state index in [1.807, 2.05) is 0 Å². The third-order valence-corrected chi connectivity index (χ3v) is 24.3. The van der Waals surface area contributed by atoms with Crippen molar-refractivity contribution in [1.82, 2.24) is 10.6 Å². The number of phosphoric acid groups is 1. The first kappa shape index (κ1) is 113. The van der Waals surface area contributed by atoms with Crippen molar-refractivity contribution in [2.24, 2.45) is 0 Å². The normalized spacial score (nSPS) is 20.4. The zero-order valence-electron chi connectivity index (χ0n) is 77.0. The lowest BCUT2D eigenvalue weighted by atomic mass is 9.95. The molecule has 25 heteroatoms. The van der Waals surface area contributed by atoms with Gasteiger partial charge in [0.15, 0.2) is 24.8 Å². The molecule has 24 nitrogen and oxygen atoms in total. The summed E-state index contributed by atoms with van der Waals surface area (Å²) in [4.78, 5) is 107. The summed E-state index contributed by atoms with van der Waals surface area (Å²) >= 11 is 0. The first-order valence-corrected chi connectivity index (χ1v) is 51.2. The number of carbonyl (C=O) groups excluding carboxylic acids is 6. The van der Waals surface area contributed by atoms with Crippen LogP contribution in [0.3, 0.4) is 0 Å². The van der Waals surface area contributed by atoms with Crippen molar-refractivity contribution in [1.29, 1.82) is 0 Å². The highest BCUT2D eigenvalue weighted by atomic mass is 31.2. The number of esters is 4. The average Bonchev–Trinajstić information content (AvgIpc) is 0.768. The lowest BCUT2D eigenvalue weighted by molar-refractivity contribution is -0.298. The van der Waals surface area contributed by atoms with Crippen LogP contribution in [-0.2, 0) is 71.0 Å². The molecule has 10 unspecified atom stereocenters. The van der Waals surface area contributed by atoms with Gasteiger partial charge in [-0.05, 0) is 77.0 Å². The molecule has 0 aromatic heterocycles. The van der Waals surface area contributed by atoms with Crippen LogP contribution < -0.4 is 10.6 Å². The van der Waals surface area contributed by atoms with Crippen LogP contribution in [0.1, 0.15) is 465 Å². The lowest BCUT2D eigenvalue weighted by Gasteiger charge is -2.46. The minimum absolute atomic E-state index is 0.108. The maximum Gasteiger partial charge on any atom is 0.470 e. The number of unbranched alkanes of at least 4 members (excludes halogenated alkanes) is 49. The number of rotatable bonds is 83. The molecule has 0 aromatic carbocycles. The van der Waals surface area contributed by atoms with E-state index >= 15 is 4.79 Å². The molecule has 14 atom stereocenters. The highest BCUT2D eigenvalue weighted by Crippen LogP contribution is 2.43. The summed E-state index contributed by atoms with van der Waals surface area (Å²) in [5.41, 5.74) is 0. The van der Waals surface area contributed by atoms with Gasteiger partial charge in [-0.3, -0.25) is 33.3 Å². The van der Waals surface area contributed by atoms with E-state index in [0.29, 0.717) is 51.4 Å². The third-order valence-electron chi connectivity index (χ3n) is 23.8. The Bertz CT molecular complexity index is 2600. The Morgan fingerprint density at radius 2 is 0.702 bits per heavy atom. The number of hydrogen-bond donors (Lipinski definition) is 9. The minimum Gasteiger partial charge on any atom is -0.462 e. The second-order valence-corrected chi connectivity index (χ2v) is 36.5. The highest BCUT2D eigenvalue weighted by Gasteiger charge is 2.54. The Morgan fingerprint density at radius 1 is 0.372 bits per heavy atom. The number of ether oxygens (including phenoxy) is 7. The van der Waals surface area contributed by atoms with E-state index in [1.54, 1.807) is 0 Å². The van der Waals surface area contributed by atoms with E-state index in [2.05, 4.69) is 64.3 Å². The Morgan fingerprint density at radius 3 is 1.11 bits per heavy atom. The minimum atomic E-state index is -5.62. The summed E-state index contributed by atoms with van der Waals surface area (Å²) < 4.78 is 61.8. The SMILES string of the molecule is CCCCCC/C=C\CCCCCCCC(=O)OC(CCCCCCCCCCC)CC(=O)NC1[C@H](OCC2OC(O)C(NC(=O)CC(O)CCCCCCCCCCC)[C@@H](OC(=O)CC(O)CCCCCCCCCCC)[C@@H]2O)OC(CO)C(OP(=O)(O)O)[C@@H]1OC(=O)CC(CCCCCCCCCCC)OC(=O)CCCCCCCCCCC. The van der Waals surface area contributed by atoms with Gasteiger partial charge in [-0.2, -0.15) is 0 Å². The van der Waals surface area contributed by atoms with Gasteiger partial charge in [-0.15, -0.1) is 0 Å². The fourth-order valence-corrected chi connectivity index (χ4v) is 17.0. The number of phosphoric ester groups is 1. The Balaban J connectivity index is 2.73. The first-order valence-electron chi connectivity index (χ1n) is 49.6. The maximum absolute atomic E-state index is 15.1. The zero-order chi connectivity index (χ0) is 88.6. The van der Waals surface area contributed by atoms with Gasteiger partial charge < -0.3 is 79.1 Å². The van der Waals surface area contributed by atoms with Gasteiger partial charge in [0, 0.05) is 12.8 Å². The van der Waals surface area contributed by atoms with Gasteiger partial charge in [0.1, 0.15) is 48.7 Å². The van der Waals surface area contributed by atoms with Crippen molar-refractivity contribution in [3.8, 4) is 0 Å². The van der Waals surface area contributed by atoms with E-state index in [4.69, 9.17) is 37.7 Å². The average molecular weight is 1740 g/mol. The number of hydrogen-bond acceptors (Lipinski definition) is 20. The molecule has 0 spiro atoms. The molecule has 0 saturated carbocycles. The van der Waals surface area contributed by atoms with Crippen LogP contribution >= 0.6 is 7.82 Å². The number of aliphatic hydroxyl groups excluding tert-OH is 5. The fourth-order valence-electron chi connectivity index (χ4n) is 16.4. The molecule has 9 N–H and O–H groups in total. The molecule has 0 radical (unpaired) electrons. The topological polar surface area (TPSA) is 359 Å². The molecule has 2 amide bonds. The molecular weight excluding hydrogens is 1560 g/mol. The molecule has 2 aliphatic rings. The third kappa shape index (κ3) is 60.7. The summed E-state index contributed by atoms with van der Waals surface area (Å²) in [6, 6.07) is -3.47. The zero-order valence-corrected chi connectivity index (χ0v) is 77.9. The van der Waals surface area contributed by atoms with E-state index in [1.165, 1.54) is 96.3 Å². The Labute approximate surface area is 733 Å². The predicted molar refractivity (Wildman–Crippen MR) is 479 cm³/mol. The molecule has 0 aliphatic carbocycles. The van der Waals surface area contributed by atoms with Gasteiger partial charge in [-0.1, -0.05) is 362 Å². The van der Waals surface area contributed by atoms with Crippen molar-refractivity contribution in [2.45, 2.75) is 551 Å². The second-order valence-electron chi connectivity index (χ2n) is 35.3. The fraction of sp³-hybridized carbons (Fsp3) is 0.917. The quantitative estimate of drug-likeness (QED) is 0.00898. The number of aliphatic hydroxyl groups is 5. The van der Waals surface area contributed by atoms with Crippen molar-refractivity contribution in [3.05, 3.63) is 12.2 Å². The molecule has 710 valence electrons. The summed E-state index contributed by atoms with van der Waals surface area (Å²) in [6.07, 6.45) is 41.9. The van der Waals surface area contributed by atoms with E-state index in [0.717, 1.165) is 225 Å². The number of amides is 2. The van der Waals surface area contributed by atoms with E-state index in [-0.39, 0.29) is 25.7 Å². The molecule has 2 fully saturated rings. The van der Waals surface area contributed by atoms with E-state index in [9.17, 15) is 63.9 Å². The second kappa shape index (κ2) is 76.4. The molecule has 2 heterocycles. The van der Waals surface area contributed by atoms with Crippen LogP contribution in [0.25, 0.3) is 0 Å². The smallest absolute Gasteiger partial charge is 0.462 e. The lowest BCUT2D eigenvalue weighted by Crippen LogP contribution is -2.68. The molecular formula is C96H179N2O22P. The van der Waals surface area contributed by atoms with Crippen molar-refractivity contribution in [3.63, 3.8) is 0 Å². The van der Waals surface area contributed by atoms with Crippen LogP contribution in [0.5, 0.6) is 0 Å². The van der Waals surface area contributed by atoms with Gasteiger partial charge in [0.25, 0.3) is 0 Å². The van der Waals surface area contributed by atoms with Crippen molar-refractivity contribution < 1.29 is 106 Å². The largest absolute Gasteiger partial charge is 0.470 e. The molecule has 0 aromatic rings. The summed E-state index contributed by atoms with van der Waals surface area (Å²) in [7, 11) is -5.62. The van der Waals surface area contributed by atoms with Crippen LogP contribution in [-0.4, -0.2) is 170 Å². The summed E-state index contributed by atoms with van der Waals surface area (Å²) in [6.45, 7) is 11.2. The molecule has 121 heavy (non-hydrogen) atoms. The van der Waals surface area contributed by atoms with E-state index < -0.39 is 168 Å². The van der Waals surface area contributed by atoms with Crippen LogP contribution in [0.4, 0.5) is 0 Å². The maximum atomic E-state index is 15.1. The standard InChI is InChI=1S/C96H179N2O22P/c1-7-13-19-25-31-37-38-39-40-46-52-58-63-69-85(104)114-79(67-61-55-49-43-34-28-22-16-10-4)73-84(103)98-90-94(119-88(107)74-80(68-62-56-50-44-35-29-23-17-11-5)115-86(105)70-64-57-51-45-36-30-24-18-12-6)92(120-121(110,111)112)81(75-99)117-96(90)113-76-82-91(108)93(118-87(106)72-78(101)66-60-54-48-42-33-27-21-15-9-3)89(95(109)116-82)97-83(102)71-77(100)65-59-53-47-41-32-26-20-14-8-2/h37-38,77-82,89-96,99-101,108-109H,7-36,39-76H2,1-6H3,(H,97,102)(H,98,103)(H2,110,111,112)/b38-37-/t77?,78?,79?,80?,81?,82?,89?,90?,91-,92?,93-,94-,95?,96-/m1/s1. The Kier molecular flexibility index (Phi) is 71.6. The molecule has 2 aliphatic heterocycles. The van der Waals surface area contributed by atoms with Crippen molar-refractivity contribution in [2.75, 3.05) is 13.2 Å². The first-order chi connectivity index (χ1) is 58.6. The summed E-state index contributed by atoms with van der Waals surface area (Å²) in [5.74, 6) is -4.58. The van der Waals surface area contributed by atoms with Crippen LogP contribution in [0, 0.1) is 0 Å². The van der Waals surface area contributed by atoms with Crippen LogP contribution in [0.2, 0.25) is 0 Å². The molecule has 2 saturated heterocycles. The highest BCUT2D eigenvalue weighted by molar-refractivity contribution is 7.46. The molecule has 0 bridgehead atoms. The summed E-state index contributed by atoms with van der Waals surface area (Å²) in [5, 5.41) is 63.3.